The normalized spacial score (nSPS) is 11.0. The number of hydrogen-bond donors (Lipinski definition) is 1. The maximum absolute atomic E-state index is 12.6. The number of rotatable bonds is 7. The highest BCUT2D eigenvalue weighted by Crippen LogP contribution is 2.33. The van der Waals surface area contributed by atoms with Crippen LogP contribution in [0.5, 0.6) is 5.75 Å². The van der Waals surface area contributed by atoms with Crippen molar-refractivity contribution < 1.29 is 14.5 Å². The summed E-state index contributed by atoms with van der Waals surface area (Å²) in [6.07, 6.45) is 1.52. The Labute approximate surface area is 218 Å². The Bertz CT molecular complexity index is 1310. The van der Waals surface area contributed by atoms with Crippen molar-refractivity contribution in [1.29, 1.82) is 5.26 Å². The molecule has 0 saturated heterocycles. The summed E-state index contributed by atoms with van der Waals surface area (Å²) in [5.41, 5.74) is 4.22. The minimum absolute atomic E-state index is 0.0190. The van der Waals surface area contributed by atoms with Crippen LogP contribution in [0.15, 0.2) is 64.6 Å². The first kappa shape index (κ1) is 25.4. The van der Waals surface area contributed by atoms with Crippen LogP contribution in [-0.4, -0.2) is 10.8 Å². The van der Waals surface area contributed by atoms with Gasteiger partial charge in [-0.05, 0) is 117 Å². The molecular weight excluding hydrogens is 613 g/mol. The third-order valence-electron chi connectivity index (χ3n) is 4.99. The number of carbonyl (C=O) groups excluding carboxylic acids is 1. The van der Waals surface area contributed by atoms with Crippen molar-refractivity contribution in [2.24, 2.45) is 0 Å². The van der Waals surface area contributed by atoms with Crippen LogP contribution in [0.1, 0.15) is 22.3 Å². The van der Waals surface area contributed by atoms with Crippen LogP contribution in [0.2, 0.25) is 0 Å². The van der Waals surface area contributed by atoms with Crippen LogP contribution < -0.4 is 10.1 Å². The first-order chi connectivity index (χ1) is 16.2. The van der Waals surface area contributed by atoms with Gasteiger partial charge in [-0.1, -0.05) is 6.07 Å². The van der Waals surface area contributed by atoms with E-state index in [1.54, 1.807) is 30.3 Å². The monoisotopic (exact) mass is 631 g/mol. The molecule has 0 saturated carbocycles. The van der Waals surface area contributed by atoms with E-state index in [1.807, 2.05) is 32.0 Å². The summed E-state index contributed by atoms with van der Waals surface area (Å²) >= 11 is 5.60. The number of ether oxygens (including phenoxy) is 1. The Morgan fingerprint density at radius 3 is 2.47 bits per heavy atom. The molecule has 1 N–H and O–H groups in total. The minimum Gasteiger partial charge on any atom is -0.487 e. The van der Waals surface area contributed by atoms with Gasteiger partial charge in [-0.3, -0.25) is 14.9 Å². The molecule has 7 nitrogen and oxygen atoms in total. The number of nitrogens with one attached hydrogen (secondary N) is 1. The Morgan fingerprint density at radius 2 is 1.88 bits per heavy atom. The highest BCUT2D eigenvalue weighted by atomic mass is 127. The van der Waals surface area contributed by atoms with Crippen molar-refractivity contribution in [2.75, 3.05) is 5.32 Å². The van der Waals surface area contributed by atoms with Gasteiger partial charge >= 0.3 is 0 Å². The zero-order valence-electron chi connectivity index (χ0n) is 18.3. The van der Waals surface area contributed by atoms with Crippen molar-refractivity contribution >= 4 is 61.9 Å². The number of nitro groups is 1. The van der Waals surface area contributed by atoms with Crippen LogP contribution in [0.4, 0.5) is 11.4 Å². The molecule has 0 heterocycles. The van der Waals surface area contributed by atoms with Gasteiger partial charge < -0.3 is 10.1 Å². The van der Waals surface area contributed by atoms with Crippen LogP contribution in [0, 0.1) is 38.9 Å². The Balaban J connectivity index is 1.75. The molecule has 0 bridgehead atoms. The van der Waals surface area contributed by atoms with Gasteiger partial charge in [-0.2, -0.15) is 5.26 Å². The Hall–Kier alpha value is -3.23. The summed E-state index contributed by atoms with van der Waals surface area (Å²) in [7, 11) is 0. The number of nitriles is 1. The number of anilines is 1. The van der Waals surface area contributed by atoms with Gasteiger partial charge in [0.05, 0.1) is 13.0 Å². The standard InChI is InChI=1S/C25H19BrIN3O4/c1-15-3-6-20(9-16(15)2)29-25(31)19(13-28)10-18-11-22(26)24(23(27)12-18)34-14-17-4-7-21(8-5-17)30(32)33/h3-12H,14H2,1-2H3,(H,29,31)/b19-10+. The fourth-order valence-corrected chi connectivity index (χ4v) is 4.77. The van der Waals surface area contributed by atoms with Crippen molar-refractivity contribution in [3.8, 4) is 11.8 Å². The Kier molecular flexibility index (Phi) is 8.41. The molecule has 0 atom stereocenters. The molecule has 34 heavy (non-hydrogen) atoms. The number of hydrogen-bond acceptors (Lipinski definition) is 5. The van der Waals surface area contributed by atoms with Gasteiger partial charge in [-0.25, -0.2) is 0 Å². The fraction of sp³-hybridized carbons (Fsp3) is 0.120. The van der Waals surface area contributed by atoms with E-state index in [0.29, 0.717) is 21.5 Å². The van der Waals surface area contributed by atoms with E-state index >= 15 is 0 Å². The highest BCUT2D eigenvalue weighted by molar-refractivity contribution is 14.1. The average Bonchev–Trinajstić information content (AvgIpc) is 2.79. The molecule has 0 unspecified atom stereocenters. The zero-order chi connectivity index (χ0) is 24.8. The van der Waals surface area contributed by atoms with Crippen molar-refractivity contribution in [3.63, 3.8) is 0 Å². The molecule has 3 aromatic rings. The topological polar surface area (TPSA) is 105 Å². The largest absolute Gasteiger partial charge is 0.487 e. The first-order valence-electron chi connectivity index (χ1n) is 10.0. The molecule has 172 valence electrons. The second-order valence-electron chi connectivity index (χ2n) is 7.45. The van der Waals surface area contributed by atoms with Crippen LogP contribution in [-0.2, 0) is 11.4 Å². The number of nitro benzene ring substituents is 1. The number of halogens is 2. The molecule has 0 aliphatic rings. The molecule has 1 amide bonds. The van der Waals surface area contributed by atoms with E-state index in [9.17, 15) is 20.2 Å². The molecule has 3 aromatic carbocycles. The second-order valence-corrected chi connectivity index (χ2v) is 9.47. The van der Waals surface area contributed by atoms with Crippen LogP contribution >= 0.6 is 38.5 Å². The lowest BCUT2D eigenvalue weighted by molar-refractivity contribution is -0.384. The third-order valence-corrected chi connectivity index (χ3v) is 6.38. The van der Waals surface area contributed by atoms with Gasteiger partial charge in [-0.15, -0.1) is 0 Å². The number of carbonyl (C=O) groups is 1. The number of nitrogens with zero attached hydrogens (tertiary/aromatic N) is 2. The maximum atomic E-state index is 12.6. The molecule has 0 radical (unpaired) electrons. The average molecular weight is 632 g/mol. The molecule has 3 rings (SSSR count). The lowest BCUT2D eigenvalue weighted by Crippen LogP contribution is -2.13. The molecule has 9 heteroatoms. The quantitative estimate of drug-likeness (QED) is 0.103. The van der Waals surface area contributed by atoms with E-state index in [2.05, 4.69) is 43.8 Å². The number of amides is 1. The zero-order valence-corrected chi connectivity index (χ0v) is 22.0. The van der Waals surface area contributed by atoms with Gasteiger partial charge in [0.15, 0.2) is 0 Å². The summed E-state index contributed by atoms with van der Waals surface area (Å²) in [4.78, 5) is 23.0. The van der Waals surface area contributed by atoms with E-state index in [-0.39, 0.29) is 17.9 Å². The second kappa shape index (κ2) is 11.3. The van der Waals surface area contributed by atoms with E-state index in [4.69, 9.17) is 4.74 Å². The summed E-state index contributed by atoms with van der Waals surface area (Å²) in [5, 5.41) is 23.1. The highest BCUT2D eigenvalue weighted by Gasteiger charge is 2.13. The first-order valence-corrected chi connectivity index (χ1v) is 11.9. The van der Waals surface area contributed by atoms with E-state index in [1.165, 1.54) is 18.2 Å². The van der Waals surface area contributed by atoms with Gasteiger partial charge in [0.25, 0.3) is 11.6 Å². The smallest absolute Gasteiger partial charge is 0.269 e. The van der Waals surface area contributed by atoms with Crippen molar-refractivity contribution in [1.82, 2.24) is 0 Å². The van der Waals surface area contributed by atoms with E-state index in [0.717, 1.165) is 20.3 Å². The Morgan fingerprint density at radius 1 is 1.18 bits per heavy atom. The SMILES string of the molecule is Cc1ccc(NC(=O)/C(C#N)=C/c2cc(Br)c(OCc3ccc([N+](=O)[O-])cc3)c(I)c2)cc1C. The molecule has 0 spiro atoms. The van der Waals surface area contributed by atoms with E-state index < -0.39 is 10.8 Å². The number of non-ortho nitro benzene ring substituents is 1. The minimum atomic E-state index is -0.490. The molecule has 0 fully saturated rings. The summed E-state index contributed by atoms with van der Waals surface area (Å²) < 4.78 is 7.32. The fourth-order valence-electron chi connectivity index (χ4n) is 3.00. The number of aryl methyl sites for hydroxylation is 2. The molecule has 0 aliphatic carbocycles. The molecule has 0 aliphatic heterocycles. The lowest BCUT2D eigenvalue weighted by atomic mass is 10.1. The lowest BCUT2D eigenvalue weighted by Gasteiger charge is -2.12. The molecule has 0 aromatic heterocycles. The van der Waals surface area contributed by atoms with Gasteiger partial charge in [0, 0.05) is 17.8 Å². The maximum Gasteiger partial charge on any atom is 0.269 e. The van der Waals surface area contributed by atoms with Gasteiger partial charge in [0.2, 0.25) is 0 Å². The summed E-state index contributed by atoms with van der Waals surface area (Å²) in [6, 6.07) is 17.2. The van der Waals surface area contributed by atoms with Crippen LogP contribution in [0.3, 0.4) is 0 Å². The number of benzene rings is 3. The predicted octanol–water partition coefficient (Wildman–Crippen LogP) is 6.70. The summed E-state index contributed by atoms with van der Waals surface area (Å²) in [5.74, 6) is 0.101. The predicted molar refractivity (Wildman–Crippen MR) is 142 cm³/mol. The van der Waals surface area contributed by atoms with Crippen molar-refractivity contribution in [2.45, 2.75) is 20.5 Å². The van der Waals surface area contributed by atoms with Crippen LogP contribution in [0.25, 0.3) is 6.08 Å². The third kappa shape index (κ3) is 6.42. The van der Waals surface area contributed by atoms with Gasteiger partial charge in [0.1, 0.15) is 24.0 Å². The molecular formula is C25H19BrIN3O4. The van der Waals surface area contributed by atoms with Crippen molar-refractivity contribution in [3.05, 3.63) is 101 Å². The summed E-state index contributed by atoms with van der Waals surface area (Å²) in [6.45, 7) is 4.17.